The second-order valence-electron chi connectivity index (χ2n) is 6.49. The summed E-state index contributed by atoms with van der Waals surface area (Å²) in [5.41, 5.74) is 1.12. The lowest BCUT2D eigenvalue weighted by Gasteiger charge is -2.26. The Morgan fingerprint density at radius 2 is 1.83 bits per heavy atom. The van der Waals surface area contributed by atoms with Gasteiger partial charge in [-0.05, 0) is 50.4 Å². The highest BCUT2D eigenvalue weighted by molar-refractivity contribution is 6.58. The Bertz CT molecular complexity index is 624. The van der Waals surface area contributed by atoms with E-state index in [1.165, 1.54) is 31.2 Å². The molecule has 0 saturated heterocycles. The SMILES string of the molecule is COC(=O)Cc1cc(B(O)O)cc(N(C)C(=O)OC(C)(C)C)c1C. The Morgan fingerprint density at radius 3 is 2.29 bits per heavy atom. The van der Waals surface area contributed by atoms with Crippen LogP contribution in [0.3, 0.4) is 0 Å². The molecular formula is C16H24BNO6. The highest BCUT2D eigenvalue weighted by Crippen LogP contribution is 2.24. The van der Waals surface area contributed by atoms with Gasteiger partial charge in [0.15, 0.2) is 0 Å². The maximum atomic E-state index is 12.3. The average Bonchev–Trinajstić information content (AvgIpc) is 2.46. The van der Waals surface area contributed by atoms with E-state index in [2.05, 4.69) is 4.74 Å². The van der Waals surface area contributed by atoms with Crippen molar-refractivity contribution in [1.82, 2.24) is 0 Å². The molecule has 0 aromatic heterocycles. The van der Waals surface area contributed by atoms with Crippen molar-refractivity contribution in [2.75, 3.05) is 19.1 Å². The van der Waals surface area contributed by atoms with Crippen molar-refractivity contribution in [2.24, 2.45) is 0 Å². The van der Waals surface area contributed by atoms with E-state index in [9.17, 15) is 19.6 Å². The Kier molecular flexibility index (Phi) is 6.39. The van der Waals surface area contributed by atoms with Crippen molar-refractivity contribution >= 4 is 30.3 Å². The minimum Gasteiger partial charge on any atom is -0.469 e. The fourth-order valence-electron chi connectivity index (χ4n) is 2.12. The van der Waals surface area contributed by atoms with E-state index in [0.29, 0.717) is 16.8 Å². The molecule has 1 aromatic rings. The summed E-state index contributed by atoms with van der Waals surface area (Å²) in [4.78, 5) is 25.1. The lowest BCUT2D eigenvalue weighted by Crippen LogP contribution is -2.37. The Morgan fingerprint density at radius 1 is 1.25 bits per heavy atom. The number of benzene rings is 1. The van der Waals surface area contributed by atoms with Crippen molar-refractivity contribution < 1.29 is 29.1 Å². The van der Waals surface area contributed by atoms with Gasteiger partial charge in [0.25, 0.3) is 0 Å². The van der Waals surface area contributed by atoms with E-state index in [1.54, 1.807) is 27.7 Å². The van der Waals surface area contributed by atoms with Crippen molar-refractivity contribution in [3.05, 3.63) is 23.3 Å². The standard InChI is InChI=1S/C16H24BNO6/c1-10-11(8-14(19)23-6)7-12(17(21)22)9-13(10)18(5)15(20)24-16(2,3)4/h7,9,21-22H,8H2,1-6H3. The summed E-state index contributed by atoms with van der Waals surface area (Å²) in [7, 11) is 1.06. The van der Waals surface area contributed by atoms with Gasteiger partial charge in [-0.25, -0.2) is 4.79 Å². The van der Waals surface area contributed by atoms with Crippen LogP contribution in [-0.4, -0.2) is 49.0 Å². The number of hydrogen-bond donors (Lipinski definition) is 2. The third-order valence-electron chi connectivity index (χ3n) is 3.40. The smallest absolute Gasteiger partial charge is 0.469 e. The first-order valence-electron chi connectivity index (χ1n) is 7.49. The number of anilines is 1. The van der Waals surface area contributed by atoms with Crippen molar-refractivity contribution in [1.29, 1.82) is 0 Å². The molecule has 2 N–H and O–H groups in total. The van der Waals surface area contributed by atoms with Gasteiger partial charge in [0.2, 0.25) is 0 Å². The number of ether oxygens (including phenoxy) is 2. The normalized spacial score (nSPS) is 11.0. The van der Waals surface area contributed by atoms with Gasteiger partial charge in [-0.3, -0.25) is 9.69 Å². The van der Waals surface area contributed by atoms with Gasteiger partial charge in [-0.1, -0.05) is 6.07 Å². The van der Waals surface area contributed by atoms with E-state index in [1.807, 2.05) is 0 Å². The molecule has 0 fully saturated rings. The molecule has 0 aliphatic carbocycles. The molecule has 24 heavy (non-hydrogen) atoms. The number of esters is 1. The van der Waals surface area contributed by atoms with E-state index in [0.717, 1.165) is 0 Å². The average molecular weight is 337 g/mol. The number of amides is 1. The molecule has 0 spiro atoms. The molecule has 1 rings (SSSR count). The van der Waals surface area contributed by atoms with Crippen LogP contribution in [0.5, 0.6) is 0 Å². The van der Waals surface area contributed by atoms with Gasteiger partial charge in [-0.2, -0.15) is 0 Å². The minimum absolute atomic E-state index is 0.0436. The lowest BCUT2D eigenvalue weighted by molar-refractivity contribution is -0.139. The molecule has 0 heterocycles. The summed E-state index contributed by atoms with van der Waals surface area (Å²) >= 11 is 0. The summed E-state index contributed by atoms with van der Waals surface area (Å²) in [6.45, 7) is 6.99. The first kappa shape index (κ1) is 20.0. The maximum absolute atomic E-state index is 12.3. The first-order valence-corrected chi connectivity index (χ1v) is 7.49. The minimum atomic E-state index is -1.73. The summed E-state index contributed by atoms with van der Waals surface area (Å²) in [5.74, 6) is -0.464. The zero-order valence-corrected chi connectivity index (χ0v) is 14.9. The molecule has 132 valence electrons. The van der Waals surface area contributed by atoms with Gasteiger partial charge in [0.1, 0.15) is 5.60 Å². The highest BCUT2D eigenvalue weighted by atomic mass is 16.6. The van der Waals surface area contributed by atoms with Crippen LogP contribution in [0.2, 0.25) is 0 Å². The molecule has 0 aliphatic heterocycles. The van der Waals surface area contributed by atoms with E-state index in [-0.39, 0.29) is 11.9 Å². The second-order valence-corrected chi connectivity index (χ2v) is 6.49. The third-order valence-corrected chi connectivity index (χ3v) is 3.40. The van der Waals surface area contributed by atoms with Gasteiger partial charge < -0.3 is 19.5 Å². The van der Waals surface area contributed by atoms with Crippen LogP contribution >= 0.6 is 0 Å². The van der Waals surface area contributed by atoms with E-state index >= 15 is 0 Å². The zero-order chi connectivity index (χ0) is 18.7. The predicted octanol–water partition coefficient (Wildman–Crippen LogP) is 0.762. The van der Waals surface area contributed by atoms with Gasteiger partial charge >= 0.3 is 19.2 Å². The fraction of sp³-hybridized carbons (Fsp3) is 0.500. The number of carbonyl (C=O) groups is 2. The molecule has 1 aromatic carbocycles. The van der Waals surface area contributed by atoms with Gasteiger partial charge in [0.05, 0.1) is 13.5 Å². The second kappa shape index (κ2) is 7.68. The third kappa shape index (κ3) is 5.24. The van der Waals surface area contributed by atoms with Crippen LogP contribution in [0.4, 0.5) is 10.5 Å². The molecule has 0 bridgehead atoms. The quantitative estimate of drug-likeness (QED) is 0.622. The van der Waals surface area contributed by atoms with Crippen molar-refractivity contribution in [3.63, 3.8) is 0 Å². The largest absolute Gasteiger partial charge is 0.488 e. The van der Waals surface area contributed by atoms with E-state index in [4.69, 9.17) is 4.74 Å². The predicted molar refractivity (Wildman–Crippen MR) is 91.4 cm³/mol. The van der Waals surface area contributed by atoms with Crippen LogP contribution < -0.4 is 10.4 Å². The summed E-state index contributed by atoms with van der Waals surface area (Å²) in [6, 6.07) is 2.98. The Labute approximate surface area is 142 Å². The number of nitrogens with zero attached hydrogens (tertiary/aromatic N) is 1. The summed E-state index contributed by atoms with van der Waals surface area (Å²) < 4.78 is 9.98. The summed E-state index contributed by atoms with van der Waals surface area (Å²) in [6.07, 6.45) is -0.628. The highest BCUT2D eigenvalue weighted by Gasteiger charge is 2.25. The van der Waals surface area contributed by atoms with Gasteiger partial charge in [0, 0.05) is 12.7 Å². The first-order chi connectivity index (χ1) is 11.0. The molecule has 7 nitrogen and oxygen atoms in total. The molecule has 0 atom stereocenters. The fourth-order valence-corrected chi connectivity index (χ4v) is 2.12. The molecule has 0 aliphatic rings. The van der Waals surface area contributed by atoms with Crippen LogP contribution in [0.15, 0.2) is 12.1 Å². The molecule has 0 radical (unpaired) electrons. The number of rotatable bonds is 4. The number of carbonyl (C=O) groups excluding carboxylic acids is 2. The zero-order valence-electron chi connectivity index (χ0n) is 14.9. The molecule has 1 amide bonds. The van der Waals surface area contributed by atoms with Crippen LogP contribution in [0.25, 0.3) is 0 Å². The monoisotopic (exact) mass is 337 g/mol. The topological polar surface area (TPSA) is 96.3 Å². The molecule has 0 saturated carbocycles. The van der Waals surface area contributed by atoms with Crippen LogP contribution in [-0.2, 0) is 20.7 Å². The molecular weight excluding hydrogens is 313 g/mol. The molecule has 8 heteroatoms. The van der Waals surface area contributed by atoms with Gasteiger partial charge in [-0.15, -0.1) is 0 Å². The Balaban J connectivity index is 3.30. The van der Waals surface area contributed by atoms with Crippen LogP contribution in [0, 0.1) is 6.92 Å². The lowest BCUT2D eigenvalue weighted by atomic mass is 9.78. The number of methoxy groups -OCH3 is 1. The maximum Gasteiger partial charge on any atom is 0.488 e. The van der Waals surface area contributed by atoms with Crippen LogP contribution in [0.1, 0.15) is 31.9 Å². The van der Waals surface area contributed by atoms with Crippen molar-refractivity contribution in [2.45, 2.75) is 39.7 Å². The van der Waals surface area contributed by atoms with E-state index < -0.39 is 24.8 Å². The number of hydrogen-bond acceptors (Lipinski definition) is 6. The summed E-state index contributed by atoms with van der Waals surface area (Å²) in [5, 5.41) is 18.9. The Hall–Kier alpha value is -2.06. The van der Waals surface area contributed by atoms with Crippen molar-refractivity contribution in [3.8, 4) is 0 Å². The molecule has 0 unspecified atom stereocenters.